The Labute approximate surface area is 114 Å². The van der Waals surface area contributed by atoms with Crippen LogP contribution in [0.2, 0.25) is 0 Å². The Bertz CT molecular complexity index is 556. The molecule has 0 saturated carbocycles. The SMILES string of the molecule is CCOc1cc(F)ccc1C(=O)ON1C(=O)CCC1=O. The van der Waals surface area contributed by atoms with Gasteiger partial charge in [-0.3, -0.25) is 9.59 Å². The molecule has 1 aromatic carbocycles. The van der Waals surface area contributed by atoms with Crippen molar-refractivity contribution in [2.45, 2.75) is 19.8 Å². The lowest BCUT2D eigenvalue weighted by atomic mass is 10.2. The molecule has 7 heteroatoms. The number of halogens is 1. The second kappa shape index (κ2) is 5.68. The molecule has 6 nitrogen and oxygen atoms in total. The Morgan fingerprint density at radius 1 is 1.30 bits per heavy atom. The van der Waals surface area contributed by atoms with Crippen molar-refractivity contribution in [3.05, 3.63) is 29.6 Å². The lowest BCUT2D eigenvalue weighted by Crippen LogP contribution is -2.32. The van der Waals surface area contributed by atoms with Gasteiger partial charge in [-0.2, -0.15) is 0 Å². The van der Waals surface area contributed by atoms with Crippen molar-refractivity contribution in [2.75, 3.05) is 6.61 Å². The predicted octanol–water partition coefficient (Wildman–Crippen LogP) is 1.45. The summed E-state index contributed by atoms with van der Waals surface area (Å²) in [6.45, 7) is 1.90. The minimum atomic E-state index is -0.947. The van der Waals surface area contributed by atoms with Crippen LogP contribution < -0.4 is 4.74 Å². The number of rotatable bonds is 4. The van der Waals surface area contributed by atoms with Gasteiger partial charge < -0.3 is 9.57 Å². The first-order valence-electron chi connectivity index (χ1n) is 6.03. The summed E-state index contributed by atoms with van der Waals surface area (Å²) in [5.41, 5.74) is -0.0549. The van der Waals surface area contributed by atoms with Gasteiger partial charge in [0.05, 0.1) is 6.61 Å². The fraction of sp³-hybridized carbons (Fsp3) is 0.308. The van der Waals surface area contributed by atoms with Crippen LogP contribution in [-0.2, 0) is 14.4 Å². The third kappa shape index (κ3) is 2.76. The summed E-state index contributed by atoms with van der Waals surface area (Å²) in [5.74, 6) is -2.68. The minimum absolute atomic E-state index is 0.00315. The van der Waals surface area contributed by atoms with Crippen LogP contribution in [0.3, 0.4) is 0 Å². The van der Waals surface area contributed by atoms with Crippen molar-refractivity contribution in [3.63, 3.8) is 0 Å². The molecule has 1 heterocycles. The summed E-state index contributed by atoms with van der Waals surface area (Å²) in [7, 11) is 0. The number of hydrogen-bond acceptors (Lipinski definition) is 5. The van der Waals surface area contributed by atoms with Gasteiger partial charge in [0.25, 0.3) is 11.8 Å². The van der Waals surface area contributed by atoms with E-state index in [4.69, 9.17) is 9.57 Å². The van der Waals surface area contributed by atoms with Gasteiger partial charge >= 0.3 is 5.97 Å². The Hall–Kier alpha value is -2.44. The van der Waals surface area contributed by atoms with Gasteiger partial charge in [-0.1, -0.05) is 0 Å². The molecule has 20 heavy (non-hydrogen) atoms. The molecule has 0 spiro atoms. The van der Waals surface area contributed by atoms with Crippen molar-refractivity contribution in [1.29, 1.82) is 0 Å². The molecule has 2 rings (SSSR count). The van der Waals surface area contributed by atoms with Crippen LogP contribution in [0.25, 0.3) is 0 Å². The highest BCUT2D eigenvalue weighted by Gasteiger charge is 2.33. The summed E-state index contributed by atoms with van der Waals surface area (Å²) in [6.07, 6.45) is 0.0156. The minimum Gasteiger partial charge on any atom is -0.493 e. The molecule has 1 aliphatic heterocycles. The topological polar surface area (TPSA) is 72.9 Å². The summed E-state index contributed by atoms with van der Waals surface area (Å²) in [4.78, 5) is 39.4. The van der Waals surface area contributed by atoms with Crippen LogP contribution in [0.15, 0.2) is 18.2 Å². The maximum absolute atomic E-state index is 13.1. The average molecular weight is 281 g/mol. The van der Waals surface area contributed by atoms with Crippen molar-refractivity contribution in [1.82, 2.24) is 5.06 Å². The van der Waals surface area contributed by atoms with E-state index < -0.39 is 23.6 Å². The zero-order valence-corrected chi connectivity index (χ0v) is 10.7. The smallest absolute Gasteiger partial charge is 0.367 e. The van der Waals surface area contributed by atoms with Gasteiger partial charge in [0.15, 0.2) is 0 Å². The zero-order valence-electron chi connectivity index (χ0n) is 10.7. The molecular formula is C13H12FNO5. The van der Waals surface area contributed by atoms with Gasteiger partial charge in [-0.15, -0.1) is 5.06 Å². The quantitative estimate of drug-likeness (QED) is 0.781. The Balaban J connectivity index is 2.20. The molecule has 1 aliphatic rings. The molecule has 1 aromatic rings. The third-order valence-electron chi connectivity index (χ3n) is 2.64. The standard InChI is InChI=1S/C13H12FNO5/c1-2-19-10-7-8(14)3-4-9(10)13(18)20-15-11(16)5-6-12(15)17/h3-4,7H,2,5-6H2,1H3. The van der Waals surface area contributed by atoms with E-state index in [0.29, 0.717) is 5.06 Å². The van der Waals surface area contributed by atoms with E-state index in [9.17, 15) is 18.8 Å². The molecule has 1 fully saturated rings. The van der Waals surface area contributed by atoms with Crippen molar-refractivity contribution >= 4 is 17.8 Å². The number of nitrogens with zero attached hydrogens (tertiary/aromatic N) is 1. The molecule has 0 aromatic heterocycles. The number of carbonyl (C=O) groups is 3. The van der Waals surface area contributed by atoms with Crippen LogP contribution in [0.1, 0.15) is 30.1 Å². The van der Waals surface area contributed by atoms with Gasteiger partial charge in [0.1, 0.15) is 17.1 Å². The predicted molar refractivity (Wildman–Crippen MR) is 64.1 cm³/mol. The zero-order chi connectivity index (χ0) is 14.7. The molecule has 0 bridgehead atoms. The number of ether oxygens (including phenoxy) is 1. The Morgan fingerprint density at radius 2 is 1.95 bits per heavy atom. The second-order valence-corrected chi connectivity index (χ2v) is 4.03. The molecule has 1 saturated heterocycles. The number of hydroxylamine groups is 2. The second-order valence-electron chi connectivity index (χ2n) is 4.03. The number of benzene rings is 1. The molecule has 2 amide bonds. The lowest BCUT2D eigenvalue weighted by Gasteiger charge is -2.14. The highest BCUT2D eigenvalue weighted by molar-refractivity contribution is 6.03. The lowest BCUT2D eigenvalue weighted by molar-refractivity contribution is -0.172. The summed E-state index contributed by atoms with van der Waals surface area (Å²) in [5, 5.41) is 0.432. The fourth-order valence-corrected chi connectivity index (χ4v) is 1.73. The van der Waals surface area contributed by atoms with E-state index >= 15 is 0 Å². The van der Waals surface area contributed by atoms with Crippen molar-refractivity contribution in [2.24, 2.45) is 0 Å². The monoisotopic (exact) mass is 281 g/mol. The molecule has 0 radical (unpaired) electrons. The maximum Gasteiger partial charge on any atom is 0.367 e. The van der Waals surface area contributed by atoms with Gasteiger partial charge in [-0.25, -0.2) is 9.18 Å². The van der Waals surface area contributed by atoms with E-state index in [0.717, 1.165) is 12.1 Å². The normalized spacial score (nSPS) is 14.6. The molecule has 106 valence electrons. The summed E-state index contributed by atoms with van der Waals surface area (Å²) in [6, 6.07) is 3.27. The van der Waals surface area contributed by atoms with Gasteiger partial charge in [0.2, 0.25) is 0 Å². The average Bonchev–Trinajstić information content (AvgIpc) is 2.71. The fourth-order valence-electron chi connectivity index (χ4n) is 1.73. The summed E-state index contributed by atoms with van der Waals surface area (Å²) < 4.78 is 18.2. The number of hydrogen-bond donors (Lipinski definition) is 0. The molecular weight excluding hydrogens is 269 g/mol. The maximum atomic E-state index is 13.1. The first-order chi connectivity index (χ1) is 9.52. The number of imide groups is 1. The van der Waals surface area contributed by atoms with E-state index in [1.807, 2.05) is 0 Å². The van der Waals surface area contributed by atoms with Crippen LogP contribution in [0.5, 0.6) is 5.75 Å². The van der Waals surface area contributed by atoms with Crippen LogP contribution in [0.4, 0.5) is 4.39 Å². The molecule has 0 unspecified atom stereocenters. The van der Waals surface area contributed by atoms with E-state index in [2.05, 4.69) is 0 Å². The number of carbonyl (C=O) groups excluding carboxylic acids is 3. The van der Waals surface area contributed by atoms with E-state index in [1.54, 1.807) is 6.92 Å². The van der Waals surface area contributed by atoms with Gasteiger partial charge in [0, 0.05) is 18.9 Å². The first-order valence-corrected chi connectivity index (χ1v) is 6.03. The summed E-state index contributed by atoms with van der Waals surface area (Å²) >= 11 is 0. The van der Waals surface area contributed by atoms with E-state index in [-0.39, 0.29) is 30.8 Å². The van der Waals surface area contributed by atoms with Crippen LogP contribution in [0, 0.1) is 5.82 Å². The highest BCUT2D eigenvalue weighted by atomic mass is 19.1. The third-order valence-corrected chi connectivity index (χ3v) is 2.64. The number of amides is 2. The van der Waals surface area contributed by atoms with Crippen LogP contribution in [-0.4, -0.2) is 29.5 Å². The Morgan fingerprint density at radius 3 is 2.55 bits per heavy atom. The largest absolute Gasteiger partial charge is 0.493 e. The molecule has 0 aliphatic carbocycles. The van der Waals surface area contributed by atoms with Crippen molar-refractivity contribution in [3.8, 4) is 5.75 Å². The van der Waals surface area contributed by atoms with Crippen molar-refractivity contribution < 1.29 is 28.3 Å². The first kappa shape index (κ1) is 14.0. The highest BCUT2D eigenvalue weighted by Crippen LogP contribution is 2.22. The van der Waals surface area contributed by atoms with Gasteiger partial charge in [-0.05, 0) is 19.1 Å². The Kier molecular flexibility index (Phi) is 3.97. The molecule has 0 N–H and O–H groups in total. The van der Waals surface area contributed by atoms with Crippen LogP contribution >= 0.6 is 0 Å². The molecule has 0 atom stereocenters. The van der Waals surface area contributed by atoms with E-state index in [1.165, 1.54) is 6.07 Å².